The third-order valence-electron chi connectivity index (χ3n) is 2.21. The van der Waals surface area contributed by atoms with Gasteiger partial charge in [0, 0.05) is 5.71 Å². The zero-order valence-electron chi connectivity index (χ0n) is 8.62. The summed E-state index contributed by atoms with van der Waals surface area (Å²) in [6, 6.07) is 0. The van der Waals surface area contributed by atoms with Gasteiger partial charge < -0.3 is 5.41 Å². The topological polar surface area (TPSA) is 23.9 Å². The van der Waals surface area contributed by atoms with Crippen molar-refractivity contribution in [3.63, 3.8) is 0 Å². The molecule has 12 heavy (non-hydrogen) atoms. The third-order valence-corrected chi connectivity index (χ3v) is 2.21. The van der Waals surface area contributed by atoms with E-state index in [1.54, 1.807) is 0 Å². The standard InChI is InChI=1S/C11H19N/c1-6-7-8(2)9(3)10(4)11(5)12/h12H,2,6-7H2,1,3-5H3/b10-9-,12-11?. The summed E-state index contributed by atoms with van der Waals surface area (Å²) in [6.45, 7) is 12.0. The summed E-state index contributed by atoms with van der Waals surface area (Å²) in [4.78, 5) is 0. The Balaban J connectivity index is 4.55. The highest BCUT2D eigenvalue weighted by Crippen LogP contribution is 2.17. The molecule has 0 radical (unpaired) electrons. The molecule has 0 heterocycles. The molecule has 0 aliphatic carbocycles. The van der Waals surface area contributed by atoms with Gasteiger partial charge in [0.15, 0.2) is 0 Å². The van der Waals surface area contributed by atoms with Crippen LogP contribution in [0.5, 0.6) is 0 Å². The van der Waals surface area contributed by atoms with Crippen molar-refractivity contribution in [1.29, 1.82) is 5.41 Å². The first-order chi connectivity index (χ1) is 5.50. The molecule has 1 N–H and O–H groups in total. The van der Waals surface area contributed by atoms with E-state index in [1.807, 2.05) is 20.8 Å². The lowest BCUT2D eigenvalue weighted by molar-refractivity contribution is 0.912. The molecule has 1 heteroatoms. The molecule has 0 saturated carbocycles. The average molecular weight is 165 g/mol. The monoisotopic (exact) mass is 165 g/mol. The molecule has 68 valence electrons. The molecule has 0 aliphatic rings. The molecule has 0 aromatic rings. The third kappa shape index (κ3) is 3.04. The van der Waals surface area contributed by atoms with Gasteiger partial charge >= 0.3 is 0 Å². The first-order valence-electron chi connectivity index (χ1n) is 4.41. The van der Waals surface area contributed by atoms with Crippen LogP contribution in [0.4, 0.5) is 0 Å². The van der Waals surface area contributed by atoms with E-state index >= 15 is 0 Å². The summed E-state index contributed by atoms with van der Waals surface area (Å²) >= 11 is 0. The van der Waals surface area contributed by atoms with Crippen LogP contribution in [0, 0.1) is 5.41 Å². The van der Waals surface area contributed by atoms with E-state index in [2.05, 4.69) is 13.5 Å². The van der Waals surface area contributed by atoms with Crippen LogP contribution >= 0.6 is 0 Å². The van der Waals surface area contributed by atoms with Crippen LogP contribution < -0.4 is 0 Å². The second-order valence-corrected chi connectivity index (χ2v) is 3.23. The van der Waals surface area contributed by atoms with Crippen LogP contribution in [0.15, 0.2) is 23.3 Å². The van der Waals surface area contributed by atoms with Crippen LogP contribution in [0.1, 0.15) is 40.5 Å². The Labute approximate surface area is 75.7 Å². The summed E-state index contributed by atoms with van der Waals surface area (Å²) in [7, 11) is 0. The normalized spacial score (nSPS) is 12.3. The van der Waals surface area contributed by atoms with Crippen LogP contribution in [0.2, 0.25) is 0 Å². The summed E-state index contributed by atoms with van der Waals surface area (Å²) in [6.07, 6.45) is 2.16. The average Bonchev–Trinajstić information content (AvgIpc) is 2.02. The van der Waals surface area contributed by atoms with E-state index in [9.17, 15) is 0 Å². The van der Waals surface area contributed by atoms with Crippen molar-refractivity contribution in [2.24, 2.45) is 0 Å². The minimum Gasteiger partial charge on any atom is -0.305 e. The van der Waals surface area contributed by atoms with Gasteiger partial charge in [-0.3, -0.25) is 0 Å². The summed E-state index contributed by atoms with van der Waals surface area (Å²) in [5.74, 6) is 0. The van der Waals surface area contributed by atoms with E-state index in [-0.39, 0.29) is 0 Å². The van der Waals surface area contributed by atoms with Crippen molar-refractivity contribution >= 4 is 5.71 Å². The predicted molar refractivity (Wildman–Crippen MR) is 55.8 cm³/mol. The van der Waals surface area contributed by atoms with Gasteiger partial charge in [0.25, 0.3) is 0 Å². The van der Waals surface area contributed by atoms with Crippen molar-refractivity contribution in [3.8, 4) is 0 Å². The molecule has 0 aromatic heterocycles. The van der Waals surface area contributed by atoms with E-state index in [4.69, 9.17) is 5.41 Å². The SMILES string of the molecule is C=C(CCC)/C(C)=C(/C)C(C)=N. The van der Waals surface area contributed by atoms with Gasteiger partial charge in [-0.05, 0) is 38.3 Å². The Kier molecular flexibility index (Phi) is 4.57. The lowest BCUT2D eigenvalue weighted by atomic mass is 9.98. The molecule has 0 aromatic carbocycles. The van der Waals surface area contributed by atoms with Crippen molar-refractivity contribution in [2.75, 3.05) is 0 Å². The van der Waals surface area contributed by atoms with Gasteiger partial charge in [-0.25, -0.2) is 0 Å². The Morgan fingerprint density at radius 1 is 1.17 bits per heavy atom. The van der Waals surface area contributed by atoms with E-state index in [0.29, 0.717) is 5.71 Å². The highest BCUT2D eigenvalue weighted by atomic mass is 14.4. The fourth-order valence-corrected chi connectivity index (χ4v) is 1.04. The van der Waals surface area contributed by atoms with E-state index in [1.165, 1.54) is 11.1 Å². The van der Waals surface area contributed by atoms with Crippen molar-refractivity contribution < 1.29 is 0 Å². The zero-order chi connectivity index (χ0) is 9.72. The van der Waals surface area contributed by atoms with E-state index in [0.717, 1.165) is 18.4 Å². The lowest BCUT2D eigenvalue weighted by Gasteiger charge is -2.08. The molecule has 0 bridgehead atoms. The van der Waals surface area contributed by atoms with Crippen LogP contribution in [-0.2, 0) is 0 Å². The maximum absolute atomic E-state index is 7.46. The quantitative estimate of drug-likeness (QED) is 0.485. The largest absolute Gasteiger partial charge is 0.305 e. The van der Waals surface area contributed by atoms with Crippen molar-refractivity contribution in [1.82, 2.24) is 0 Å². The van der Waals surface area contributed by atoms with E-state index < -0.39 is 0 Å². The maximum atomic E-state index is 7.46. The van der Waals surface area contributed by atoms with Gasteiger partial charge in [-0.1, -0.05) is 25.5 Å². The summed E-state index contributed by atoms with van der Waals surface area (Å²) in [5, 5.41) is 7.46. The summed E-state index contributed by atoms with van der Waals surface area (Å²) in [5.41, 5.74) is 4.06. The number of hydrogen-bond donors (Lipinski definition) is 1. The first kappa shape index (κ1) is 11.2. The second-order valence-electron chi connectivity index (χ2n) is 3.23. The number of rotatable bonds is 4. The fraction of sp³-hybridized carbons (Fsp3) is 0.545. The molecule has 0 fully saturated rings. The molecule has 0 amide bonds. The van der Waals surface area contributed by atoms with Gasteiger partial charge in [0.2, 0.25) is 0 Å². The van der Waals surface area contributed by atoms with Gasteiger partial charge in [0.1, 0.15) is 0 Å². The molecular formula is C11H19N. The van der Waals surface area contributed by atoms with Crippen LogP contribution in [0.25, 0.3) is 0 Å². The molecule has 0 saturated heterocycles. The Bertz CT molecular complexity index is 221. The molecule has 0 spiro atoms. The van der Waals surface area contributed by atoms with Crippen LogP contribution in [-0.4, -0.2) is 5.71 Å². The Morgan fingerprint density at radius 3 is 2.00 bits per heavy atom. The smallest absolute Gasteiger partial charge is 0.0314 e. The fourth-order valence-electron chi connectivity index (χ4n) is 1.04. The highest BCUT2D eigenvalue weighted by molar-refractivity contribution is 5.96. The first-order valence-corrected chi connectivity index (χ1v) is 4.41. The van der Waals surface area contributed by atoms with Crippen molar-refractivity contribution in [2.45, 2.75) is 40.5 Å². The minimum absolute atomic E-state index is 0.643. The number of nitrogens with one attached hydrogen (secondary N) is 1. The number of allylic oxidation sites excluding steroid dienone is 3. The number of hydrogen-bond acceptors (Lipinski definition) is 1. The molecule has 0 aliphatic heterocycles. The van der Waals surface area contributed by atoms with Crippen molar-refractivity contribution in [3.05, 3.63) is 23.3 Å². The minimum atomic E-state index is 0.643. The molecule has 1 nitrogen and oxygen atoms in total. The molecule has 0 atom stereocenters. The Morgan fingerprint density at radius 2 is 1.67 bits per heavy atom. The Hall–Kier alpha value is -0.850. The highest BCUT2D eigenvalue weighted by Gasteiger charge is 2.01. The molecule has 0 rings (SSSR count). The molecule has 0 unspecified atom stereocenters. The predicted octanol–water partition coefficient (Wildman–Crippen LogP) is 3.72. The van der Waals surface area contributed by atoms with Crippen LogP contribution in [0.3, 0.4) is 0 Å². The second kappa shape index (κ2) is 4.91. The van der Waals surface area contributed by atoms with Gasteiger partial charge in [-0.2, -0.15) is 0 Å². The maximum Gasteiger partial charge on any atom is 0.0314 e. The summed E-state index contributed by atoms with van der Waals surface area (Å²) < 4.78 is 0. The zero-order valence-corrected chi connectivity index (χ0v) is 8.62. The van der Waals surface area contributed by atoms with Gasteiger partial charge in [0.05, 0.1) is 0 Å². The lowest BCUT2D eigenvalue weighted by Crippen LogP contribution is -1.96. The van der Waals surface area contributed by atoms with Gasteiger partial charge in [-0.15, -0.1) is 0 Å². The molecular weight excluding hydrogens is 146 g/mol.